The standard InChI is InChI=1S/C27H42O3Si/c1-5-6-7-8-9-16-21-26(25(29)22-28)30-31(27(2,3)4,23-17-12-10-13-18-23)24-19-14-11-15-20-24/h10-15,17-20,25-26,28-29H,5-9,16,21-22H2,1-4H3/t25-,26+/m1/s1. The molecule has 0 saturated heterocycles. The Hall–Kier alpha value is -1.46. The second-order valence-corrected chi connectivity index (χ2v) is 13.9. The Kier molecular flexibility index (Phi) is 10.4. The van der Waals surface area contributed by atoms with Crippen molar-refractivity contribution in [3.63, 3.8) is 0 Å². The van der Waals surface area contributed by atoms with Gasteiger partial charge in [0.2, 0.25) is 0 Å². The fraction of sp³-hybridized carbons (Fsp3) is 0.556. The van der Waals surface area contributed by atoms with Gasteiger partial charge in [-0.3, -0.25) is 0 Å². The largest absolute Gasteiger partial charge is 0.402 e. The number of benzene rings is 2. The highest BCUT2D eigenvalue weighted by atomic mass is 28.4. The average Bonchev–Trinajstić information content (AvgIpc) is 2.78. The molecule has 0 amide bonds. The third kappa shape index (κ3) is 6.76. The van der Waals surface area contributed by atoms with Crippen LogP contribution in [0, 0.1) is 0 Å². The average molecular weight is 443 g/mol. The number of unbranched alkanes of at least 4 members (excludes halogenated alkanes) is 5. The zero-order valence-corrected chi connectivity index (χ0v) is 20.9. The summed E-state index contributed by atoms with van der Waals surface area (Å²) in [6.07, 6.45) is 6.64. The lowest BCUT2D eigenvalue weighted by Crippen LogP contribution is -2.68. The fourth-order valence-electron chi connectivity index (χ4n) is 4.49. The molecule has 0 aliphatic rings. The number of rotatable bonds is 13. The lowest BCUT2D eigenvalue weighted by atomic mass is 10.0. The van der Waals surface area contributed by atoms with Crippen LogP contribution in [0.15, 0.2) is 60.7 Å². The van der Waals surface area contributed by atoms with Gasteiger partial charge in [0.15, 0.2) is 0 Å². The summed E-state index contributed by atoms with van der Waals surface area (Å²) in [5.41, 5.74) is 0. The molecule has 31 heavy (non-hydrogen) atoms. The predicted octanol–water partition coefficient (Wildman–Crippen LogP) is 5.04. The van der Waals surface area contributed by atoms with Crippen LogP contribution >= 0.6 is 0 Å². The van der Waals surface area contributed by atoms with Crippen LogP contribution in [0.4, 0.5) is 0 Å². The van der Waals surface area contributed by atoms with Crippen molar-refractivity contribution < 1.29 is 14.6 Å². The van der Waals surface area contributed by atoms with Gasteiger partial charge >= 0.3 is 0 Å². The second kappa shape index (κ2) is 12.5. The van der Waals surface area contributed by atoms with E-state index < -0.39 is 14.4 Å². The molecule has 0 aliphatic heterocycles. The number of aliphatic hydroxyl groups excluding tert-OH is 2. The summed E-state index contributed by atoms with van der Waals surface area (Å²) in [6, 6.07) is 21.0. The van der Waals surface area contributed by atoms with Gasteiger partial charge in [-0.2, -0.15) is 0 Å². The summed E-state index contributed by atoms with van der Waals surface area (Å²) < 4.78 is 7.08. The third-order valence-electron chi connectivity index (χ3n) is 6.20. The molecule has 2 rings (SSSR count). The van der Waals surface area contributed by atoms with Crippen molar-refractivity contribution in [1.82, 2.24) is 0 Å². The van der Waals surface area contributed by atoms with E-state index in [1.54, 1.807) is 0 Å². The van der Waals surface area contributed by atoms with Gasteiger partial charge in [-0.15, -0.1) is 0 Å². The molecule has 0 fully saturated rings. The molecule has 0 heterocycles. The molecule has 2 atom stereocenters. The lowest BCUT2D eigenvalue weighted by molar-refractivity contribution is -0.0101. The minimum Gasteiger partial charge on any atom is -0.402 e. The van der Waals surface area contributed by atoms with Gasteiger partial charge in [0.05, 0.1) is 12.7 Å². The molecular formula is C27H42O3Si. The monoisotopic (exact) mass is 442 g/mol. The fourth-order valence-corrected chi connectivity index (χ4v) is 9.24. The first-order valence-corrected chi connectivity index (χ1v) is 13.9. The van der Waals surface area contributed by atoms with E-state index in [1.807, 2.05) is 12.1 Å². The smallest absolute Gasteiger partial charge is 0.261 e. The molecule has 2 N–H and O–H groups in total. The van der Waals surface area contributed by atoms with Crippen molar-refractivity contribution in [2.24, 2.45) is 0 Å². The van der Waals surface area contributed by atoms with E-state index in [-0.39, 0.29) is 17.7 Å². The van der Waals surface area contributed by atoms with E-state index in [1.165, 1.54) is 36.1 Å². The van der Waals surface area contributed by atoms with Crippen molar-refractivity contribution in [1.29, 1.82) is 0 Å². The molecule has 0 radical (unpaired) electrons. The summed E-state index contributed by atoms with van der Waals surface area (Å²) in [4.78, 5) is 0. The van der Waals surface area contributed by atoms with Crippen molar-refractivity contribution >= 4 is 18.7 Å². The highest BCUT2D eigenvalue weighted by molar-refractivity contribution is 6.99. The normalized spacial score (nSPS) is 14.4. The molecular weight excluding hydrogens is 400 g/mol. The molecule has 0 spiro atoms. The first-order valence-electron chi connectivity index (χ1n) is 11.9. The van der Waals surface area contributed by atoms with Crippen LogP contribution in [0.2, 0.25) is 5.04 Å². The second-order valence-electron chi connectivity index (χ2n) is 9.63. The first-order chi connectivity index (χ1) is 14.9. The molecule has 0 saturated carbocycles. The van der Waals surface area contributed by atoms with E-state index in [4.69, 9.17) is 4.43 Å². The van der Waals surface area contributed by atoms with Gasteiger partial charge in [0.25, 0.3) is 8.32 Å². The molecule has 172 valence electrons. The Bertz CT molecular complexity index is 688. The van der Waals surface area contributed by atoms with Crippen molar-refractivity contribution in [3.8, 4) is 0 Å². The summed E-state index contributed by atoms with van der Waals surface area (Å²) in [5.74, 6) is 0. The zero-order valence-electron chi connectivity index (χ0n) is 19.9. The Balaban J connectivity index is 2.39. The third-order valence-corrected chi connectivity index (χ3v) is 11.3. The van der Waals surface area contributed by atoms with Gasteiger partial charge < -0.3 is 14.6 Å². The van der Waals surface area contributed by atoms with Gasteiger partial charge in [0.1, 0.15) is 6.10 Å². The van der Waals surface area contributed by atoms with Gasteiger partial charge in [-0.25, -0.2) is 0 Å². The summed E-state index contributed by atoms with van der Waals surface area (Å²) in [6.45, 7) is 8.68. The maximum Gasteiger partial charge on any atom is 0.261 e. The minimum absolute atomic E-state index is 0.149. The van der Waals surface area contributed by atoms with Crippen LogP contribution < -0.4 is 10.4 Å². The Morgan fingerprint density at radius 3 is 1.74 bits per heavy atom. The summed E-state index contributed by atoms with van der Waals surface area (Å²) in [7, 11) is -2.74. The Morgan fingerprint density at radius 2 is 1.29 bits per heavy atom. The van der Waals surface area contributed by atoms with E-state index in [2.05, 4.69) is 76.2 Å². The minimum atomic E-state index is -2.74. The lowest BCUT2D eigenvalue weighted by Gasteiger charge is -2.46. The van der Waals surface area contributed by atoms with E-state index in [0.29, 0.717) is 0 Å². The summed E-state index contributed by atoms with van der Waals surface area (Å²) >= 11 is 0. The topological polar surface area (TPSA) is 49.7 Å². The molecule has 3 nitrogen and oxygen atoms in total. The van der Waals surface area contributed by atoms with E-state index in [0.717, 1.165) is 19.3 Å². The van der Waals surface area contributed by atoms with Crippen molar-refractivity contribution in [2.75, 3.05) is 6.61 Å². The number of hydrogen-bond donors (Lipinski definition) is 2. The van der Waals surface area contributed by atoms with Crippen LogP contribution in [0.1, 0.15) is 72.6 Å². The highest BCUT2D eigenvalue weighted by Crippen LogP contribution is 2.38. The molecule has 0 aliphatic carbocycles. The molecule has 2 aromatic rings. The van der Waals surface area contributed by atoms with Crippen LogP contribution in [0.3, 0.4) is 0 Å². The molecule has 4 heteroatoms. The Morgan fingerprint density at radius 1 is 0.806 bits per heavy atom. The Labute approximate surface area is 190 Å². The maximum absolute atomic E-state index is 10.7. The summed E-state index contributed by atoms with van der Waals surface area (Å²) in [5, 5.41) is 22.8. The maximum atomic E-state index is 10.7. The van der Waals surface area contributed by atoms with E-state index >= 15 is 0 Å². The first kappa shape index (κ1) is 25.8. The molecule has 0 unspecified atom stereocenters. The number of hydrogen-bond acceptors (Lipinski definition) is 3. The molecule has 0 aromatic heterocycles. The van der Waals surface area contributed by atoms with Crippen LogP contribution in [0.25, 0.3) is 0 Å². The van der Waals surface area contributed by atoms with Crippen LogP contribution in [-0.4, -0.2) is 37.3 Å². The zero-order chi connectivity index (χ0) is 22.7. The number of aliphatic hydroxyl groups is 2. The van der Waals surface area contributed by atoms with Gasteiger partial charge in [-0.05, 0) is 21.8 Å². The SMILES string of the molecule is CCCCCCCC[C@H](O[Si](c1ccccc1)(c1ccccc1)C(C)(C)C)[C@H](O)CO. The van der Waals surface area contributed by atoms with E-state index in [9.17, 15) is 10.2 Å². The molecule has 2 aromatic carbocycles. The van der Waals surface area contributed by atoms with Crippen molar-refractivity contribution in [2.45, 2.75) is 89.9 Å². The van der Waals surface area contributed by atoms with Crippen LogP contribution in [-0.2, 0) is 4.43 Å². The van der Waals surface area contributed by atoms with Crippen LogP contribution in [0.5, 0.6) is 0 Å². The van der Waals surface area contributed by atoms with Crippen molar-refractivity contribution in [3.05, 3.63) is 60.7 Å². The quantitative estimate of drug-likeness (QED) is 0.338. The molecule has 0 bridgehead atoms. The highest BCUT2D eigenvalue weighted by Gasteiger charge is 2.51. The van der Waals surface area contributed by atoms with Gasteiger partial charge in [-0.1, -0.05) is 127 Å². The predicted molar refractivity (Wildman–Crippen MR) is 134 cm³/mol. The van der Waals surface area contributed by atoms with Gasteiger partial charge in [0, 0.05) is 0 Å².